The highest BCUT2D eigenvalue weighted by Gasteiger charge is 2.09. The number of hydrogen-bond acceptors (Lipinski definition) is 5. The zero-order valence-electron chi connectivity index (χ0n) is 13.0. The summed E-state index contributed by atoms with van der Waals surface area (Å²) in [6.45, 7) is 4.72. The molecule has 1 amide bonds. The molecule has 0 fully saturated rings. The van der Waals surface area contributed by atoms with Crippen LogP contribution in [0.2, 0.25) is 0 Å². The molecule has 0 spiro atoms. The van der Waals surface area contributed by atoms with Crippen molar-refractivity contribution in [2.75, 3.05) is 11.9 Å². The van der Waals surface area contributed by atoms with Gasteiger partial charge in [0.1, 0.15) is 10.8 Å². The van der Waals surface area contributed by atoms with Crippen molar-refractivity contribution in [1.82, 2.24) is 10.2 Å². The minimum atomic E-state index is -0.0812. The average molecular weight is 319 g/mol. The Balaban J connectivity index is 1.85. The topological polar surface area (TPSA) is 64.1 Å². The van der Waals surface area contributed by atoms with Gasteiger partial charge in [0, 0.05) is 6.42 Å². The predicted molar refractivity (Wildman–Crippen MR) is 88.5 cm³/mol. The van der Waals surface area contributed by atoms with Crippen LogP contribution in [0, 0.1) is 0 Å². The normalized spacial score (nSPS) is 10.5. The zero-order chi connectivity index (χ0) is 15.8. The number of anilines is 1. The molecule has 0 bridgehead atoms. The first kappa shape index (κ1) is 16.4. The fourth-order valence-corrected chi connectivity index (χ4v) is 2.75. The number of aryl methyl sites for hydroxylation is 1. The second-order valence-corrected chi connectivity index (χ2v) is 5.97. The molecular weight excluding hydrogens is 298 g/mol. The SMILES string of the molecule is CCCCc1nnc(NC(=O)Cc2ccc(OCC)cc2)s1. The van der Waals surface area contributed by atoms with Crippen LogP contribution in [-0.2, 0) is 17.6 Å². The van der Waals surface area contributed by atoms with Gasteiger partial charge in [0.15, 0.2) is 0 Å². The molecule has 1 aromatic carbocycles. The lowest BCUT2D eigenvalue weighted by molar-refractivity contribution is -0.115. The number of aromatic nitrogens is 2. The highest BCUT2D eigenvalue weighted by atomic mass is 32.1. The number of carbonyl (C=O) groups excluding carboxylic acids is 1. The highest BCUT2D eigenvalue weighted by molar-refractivity contribution is 7.15. The fourth-order valence-electron chi connectivity index (χ4n) is 1.95. The Morgan fingerprint density at radius 3 is 2.68 bits per heavy atom. The van der Waals surface area contributed by atoms with Crippen molar-refractivity contribution in [1.29, 1.82) is 0 Å². The van der Waals surface area contributed by atoms with Gasteiger partial charge in [-0.05, 0) is 31.0 Å². The number of nitrogens with one attached hydrogen (secondary N) is 1. The molecule has 6 heteroatoms. The van der Waals surface area contributed by atoms with Gasteiger partial charge in [-0.15, -0.1) is 10.2 Å². The van der Waals surface area contributed by atoms with Gasteiger partial charge in [0.25, 0.3) is 0 Å². The maximum absolute atomic E-state index is 12.0. The van der Waals surface area contributed by atoms with E-state index in [0.717, 1.165) is 35.6 Å². The minimum absolute atomic E-state index is 0.0812. The first-order valence-corrected chi connectivity index (χ1v) is 8.37. The highest BCUT2D eigenvalue weighted by Crippen LogP contribution is 2.18. The van der Waals surface area contributed by atoms with Gasteiger partial charge in [-0.25, -0.2) is 0 Å². The van der Waals surface area contributed by atoms with Gasteiger partial charge < -0.3 is 10.1 Å². The molecule has 5 nitrogen and oxygen atoms in total. The molecule has 22 heavy (non-hydrogen) atoms. The van der Waals surface area contributed by atoms with Crippen LogP contribution < -0.4 is 10.1 Å². The summed E-state index contributed by atoms with van der Waals surface area (Å²) in [5, 5.41) is 12.4. The number of hydrogen-bond donors (Lipinski definition) is 1. The third-order valence-corrected chi connectivity index (χ3v) is 3.95. The first-order valence-electron chi connectivity index (χ1n) is 7.55. The van der Waals surface area contributed by atoms with Gasteiger partial charge in [-0.1, -0.05) is 36.8 Å². The summed E-state index contributed by atoms with van der Waals surface area (Å²) in [7, 11) is 0. The molecule has 1 aromatic heterocycles. The van der Waals surface area contributed by atoms with Gasteiger partial charge >= 0.3 is 0 Å². The van der Waals surface area contributed by atoms with Crippen LogP contribution in [0.15, 0.2) is 24.3 Å². The Bertz CT molecular complexity index is 596. The molecule has 0 aliphatic carbocycles. The molecule has 2 aromatic rings. The van der Waals surface area contributed by atoms with Crippen LogP contribution in [0.3, 0.4) is 0 Å². The van der Waals surface area contributed by atoms with Crippen molar-refractivity contribution in [3.63, 3.8) is 0 Å². The molecule has 0 saturated carbocycles. The van der Waals surface area contributed by atoms with Crippen molar-refractivity contribution in [3.8, 4) is 5.75 Å². The van der Waals surface area contributed by atoms with Crippen LogP contribution in [0.1, 0.15) is 37.3 Å². The van der Waals surface area contributed by atoms with Gasteiger partial charge in [0.2, 0.25) is 11.0 Å². The van der Waals surface area contributed by atoms with E-state index in [1.807, 2.05) is 31.2 Å². The summed E-state index contributed by atoms with van der Waals surface area (Å²) in [5.74, 6) is 0.735. The Morgan fingerprint density at radius 1 is 1.23 bits per heavy atom. The molecule has 118 valence electrons. The first-order chi connectivity index (χ1) is 10.7. The van der Waals surface area contributed by atoms with E-state index in [1.165, 1.54) is 11.3 Å². The van der Waals surface area contributed by atoms with E-state index in [4.69, 9.17) is 4.74 Å². The van der Waals surface area contributed by atoms with E-state index < -0.39 is 0 Å². The van der Waals surface area contributed by atoms with Crippen molar-refractivity contribution < 1.29 is 9.53 Å². The Labute approximate surface area is 134 Å². The molecule has 0 radical (unpaired) electrons. The largest absolute Gasteiger partial charge is 0.494 e. The Hall–Kier alpha value is -1.95. The summed E-state index contributed by atoms with van der Waals surface area (Å²) in [6, 6.07) is 7.55. The van der Waals surface area contributed by atoms with E-state index in [2.05, 4.69) is 22.4 Å². The smallest absolute Gasteiger partial charge is 0.230 e. The quantitative estimate of drug-likeness (QED) is 0.809. The number of unbranched alkanes of at least 4 members (excludes halogenated alkanes) is 1. The number of amides is 1. The maximum Gasteiger partial charge on any atom is 0.230 e. The maximum atomic E-state index is 12.0. The molecule has 0 saturated heterocycles. The Morgan fingerprint density at radius 2 is 2.00 bits per heavy atom. The van der Waals surface area contributed by atoms with Gasteiger partial charge in [-0.3, -0.25) is 4.79 Å². The van der Waals surface area contributed by atoms with E-state index in [0.29, 0.717) is 18.2 Å². The van der Waals surface area contributed by atoms with E-state index in [-0.39, 0.29) is 5.91 Å². The summed E-state index contributed by atoms with van der Waals surface area (Å²) in [4.78, 5) is 12.0. The van der Waals surface area contributed by atoms with Crippen molar-refractivity contribution in [3.05, 3.63) is 34.8 Å². The van der Waals surface area contributed by atoms with E-state index in [1.54, 1.807) is 0 Å². The summed E-state index contributed by atoms with van der Waals surface area (Å²) >= 11 is 1.45. The van der Waals surface area contributed by atoms with Crippen LogP contribution in [0.25, 0.3) is 0 Å². The summed E-state index contributed by atoms with van der Waals surface area (Å²) < 4.78 is 5.38. The van der Waals surface area contributed by atoms with Crippen molar-refractivity contribution in [2.24, 2.45) is 0 Å². The summed E-state index contributed by atoms with van der Waals surface area (Å²) in [5.41, 5.74) is 0.941. The molecule has 0 aliphatic rings. The number of benzene rings is 1. The number of rotatable bonds is 8. The molecule has 1 heterocycles. The lowest BCUT2D eigenvalue weighted by Crippen LogP contribution is -2.14. The zero-order valence-corrected chi connectivity index (χ0v) is 13.8. The van der Waals surface area contributed by atoms with E-state index >= 15 is 0 Å². The van der Waals surface area contributed by atoms with Crippen molar-refractivity contribution >= 4 is 22.4 Å². The number of carbonyl (C=O) groups is 1. The van der Waals surface area contributed by atoms with Gasteiger partial charge in [0.05, 0.1) is 13.0 Å². The van der Waals surface area contributed by atoms with Gasteiger partial charge in [-0.2, -0.15) is 0 Å². The second kappa shape index (κ2) is 8.48. The van der Waals surface area contributed by atoms with Crippen LogP contribution >= 0.6 is 11.3 Å². The summed E-state index contributed by atoms with van der Waals surface area (Å²) in [6.07, 6.45) is 3.45. The van der Waals surface area contributed by atoms with Crippen LogP contribution in [0.4, 0.5) is 5.13 Å². The molecule has 2 rings (SSSR count). The predicted octanol–water partition coefficient (Wildman–Crippen LogP) is 3.46. The lowest BCUT2D eigenvalue weighted by Gasteiger charge is -2.04. The standard InChI is InChI=1S/C16H21N3O2S/c1-3-5-6-15-18-19-16(22-15)17-14(20)11-12-7-9-13(10-8-12)21-4-2/h7-10H,3-6,11H2,1-2H3,(H,17,19,20). The average Bonchev–Trinajstić information content (AvgIpc) is 2.94. The lowest BCUT2D eigenvalue weighted by atomic mass is 10.1. The third kappa shape index (κ3) is 5.11. The molecule has 0 unspecified atom stereocenters. The molecule has 1 N–H and O–H groups in total. The van der Waals surface area contributed by atoms with E-state index in [9.17, 15) is 4.79 Å². The second-order valence-electron chi connectivity index (χ2n) is 4.91. The fraction of sp³-hybridized carbons (Fsp3) is 0.438. The van der Waals surface area contributed by atoms with Crippen molar-refractivity contribution in [2.45, 2.75) is 39.5 Å². The Kier molecular flexibility index (Phi) is 6.33. The van der Waals surface area contributed by atoms with Crippen LogP contribution in [-0.4, -0.2) is 22.7 Å². The number of nitrogens with zero attached hydrogens (tertiary/aromatic N) is 2. The third-order valence-electron chi connectivity index (χ3n) is 3.06. The molecule has 0 aliphatic heterocycles. The number of ether oxygens (including phenoxy) is 1. The minimum Gasteiger partial charge on any atom is -0.494 e. The monoisotopic (exact) mass is 319 g/mol. The molecular formula is C16H21N3O2S. The molecule has 0 atom stereocenters. The van der Waals surface area contributed by atoms with Crippen LogP contribution in [0.5, 0.6) is 5.75 Å².